The molecule has 2 aromatic heterocycles. The number of rotatable bonds is 4. The number of nitrogens with one attached hydrogen (secondary N) is 1. The van der Waals surface area contributed by atoms with Gasteiger partial charge in [-0.25, -0.2) is 9.97 Å². The highest BCUT2D eigenvalue weighted by atomic mass is 16.5. The average molecular weight is 268 g/mol. The van der Waals surface area contributed by atoms with Crippen molar-refractivity contribution in [2.45, 2.75) is 38.2 Å². The Labute approximate surface area is 117 Å². The zero-order valence-corrected chi connectivity index (χ0v) is 11.2. The van der Waals surface area contributed by atoms with E-state index in [1.807, 2.05) is 18.3 Å². The number of fused-ring (bicyclic) bond motifs is 1. The second-order valence-electron chi connectivity index (χ2n) is 4.98. The van der Waals surface area contributed by atoms with Crippen LogP contribution in [0.5, 0.6) is 5.88 Å². The van der Waals surface area contributed by atoms with Gasteiger partial charge in [0, 0.05) is 17.8 Å². The lowest BCUT2D eigenvalue weighted by Crippen LogP contribution is -2.12. The molecule has 102 valence electrons. The summed E-state index contributed by atoms with van der Waals surface area (Å²) in [6, 6.07) is 1.99. The molecule has 1 fully saturated rings. The summed E-state index contributed by atoms with van der Waals surface area (Å²) in [5, 5.41) is 8.52. The molecule has 5 nitrogen and oxygen atoms in total. The maximum atomic E-state index is 8.52. The Hall–Kier alpha value is -2.35. The fraction of sp³-hybridized carbons (Fsp3) is 0.400. The zero-order valence-electron chi connectivity index (χ0n) is 11.2. The molecule has 1 aliphatic rings. The van der Waals surface area contributed by atoms with E-state index < -0.39 is 0 Å². The van der Waals surface area contributed by atoms with Gasteiger partial charge in [0.2, 0.25) is 5.88 Å². The van der Waals surface area contributed by atoms with Crippen LogP contribution in [0.15, 0.2) is 24.5 Å². The molecule has 0 amide bonds. The van der Waals surface area contributed by atoms with E-state index in [0.29, 0.717) is 12.3 Å². The first-order valence-corrected chi connectivity index (χ1v) is 6.91. The smallest absolute Gasteiger partial charge is 0.233 e. The minimum atomic E-state index is 0.280. The molecule has 0 unspecified atom stereocenters. The van der Waals surface area contributed by atoms with Crippen LogP contribution in [0.25, 0.3) is 11.2 Å². The number of H-pyrrole nitrogens is 1. The van der Waals surface area contributed by atoms with Crippen molar-refractivity contribution in [1.82, 2.24) is 15.0 Å². The molecule has 0 saturated heterocycles. The van der Waals surface area contributed by atoms with E-state index in [2.05, 4.69) is 15.0 Å². The number of aromatic nitrogens is 3. The number of hydrogen-bond acceptors (Lipinski definition) is 4. The van der Waals surface area contributed by atoms with Crippen molar-refractivity contribution >= 4 is 11.2 Å². The Kier molecular flexibility index (Phi) is 3.64. The van der Waals surface area contributed by atoms with Crippen LogP contribution in [0.2, 0.25) is 0 Å². The first-order valence-electron chi connectivity index (χ1n) is 6.91. The fourth-order valence-corrected chi connectivity index (χ4v) is 2.55. The van der Waals surface area contributed by atoms with Crippen molar-refractivity contribution in [1.29, 1.82) is 5.26 Å². The fourth-order valence-electron chi connectivity index (χ4n) is 2.55. The Morgan fingerprint density at radius 3 is 3.10 bits per heavy atom. The molecule has 0 aliphatic heterocycles. The van der Waals surface area contributed by atoms with Gasteiger partial charge in [0.05, 0.1) is 12.3 Å². The quantitative estimate of drug-likeness (QED) is 0.865. The molecule has 0 radical (unpaired) electrons. The Bertz CT molecular complexity index is 662. The van der Waals surface area contributed by atoms with Crippen molar-refractivity contribution in [3.63, 3.8) is 0 Å². The molecule has 0 spiro atoms. The maximum Gasteiger partial charge on any atom is 0.233 e. The minimum Gasteiger partial charge on any atom is -0.473 e. The summed E-state index contributed by atoms with van der Waals surface area (Å²) in [5.74, 6) is 0.592. The summed E-state index contributed by atoms with van der Waals surface area (Å²) in [5.41, 5.74) is 2.60. The number of nitrogens with zero attached hydrogens (tertiary/aromatic N) is 3. The van der Waals surface area contributed by atoms with E-state index >= 15 is 0 Å². The van der Waals surface area contributed by atoms with Crippen molar-refractivity contribution in [2.24, 2.45) is 0 Å². The van der Waals surface area contributed by atoms with Gasteiger partial charge in [0.15, 0.2) is 5.65 Å². The van der Waals surface area contributed by atoms with Gasteiger partial charge in [-0.1, -0.05) is 6.08 Å². The maximum absolute atomic E-state index is 8.52. The van der Waals surface area contributed by atoms with Gasteiger partial charge in [-0.15, -0.1) is 0 Å². The Balaban J connectivity index is 1.82. The third kappa shape index (κ3) is 2.64. The molecule has 1 aliphatic carbocycles. The Morgan fingerprint density at radius 2 is 2.30 bits per heavy atom. The SMILES string of the molecule is N#C/C=C\Cc1c[nH]c2ncc(OC3CCCC3)nc12. The van der Waals surface area contributed by atoms with Crippen LogP contribution in [0.3, 0.4) is 0 Å². The summed E-state index contributed by atoms with van der Waals surface area (Å²) < 4.78 is 5.88. The molecule has 0 aromatic carbocycles. The minimum absolute atomic E-state index is 0.280. The summed E-state index contributed by atoms with van der Waals surface area (Å²) in [7, 11) is 0. The van der Waals surface area contributed by atoms with Crippen molar-refractivity contribution in [3.05, 3.63) is 30.1 Å². The summed E-state index contributed by atoms with van der Waals surface area (Å²) >= 11 is 0. The van der Waals surface area contributed by atoms with Crippen LogP contribution < -0.4 is 4.74 Å². The van der Waals surface area contributed by atoms with Crippen LogP contribution in [0.1, 0.15) is 31.2 Å². The molecule has 1 N–H and O–H groups in total. The van der Waals surface area contributed by atoms with Gasteiger partial charge in [-0.05, 0) is 32.1 Å². The number of hydrogen-bond donors (Lipinski definition) is 1. The second kappa shape index (κ2) is 5.74. The van der Waals surface area contributed by atoms with Gasteiger partial charge < -0.3 is 9.72 Å². The van der Waals surface area contributed by atoms with Crippen LogP contribution >= 0.6 is 0 Å². The van der Waals surface area contributed by atoms with Crippen LogP contribution in [-0.4, -0.2) is 21.1 Å². The summed E-state index contributed by atoms with van der Waals surface area (Å²) in [6.07, 6.45) is 12.5. The summed E-state index contributed by atoms with van der Waals surface area (Å²) in [4.78, 5) is 12.0. The number of nitriles is 1. The molecule has 5 heteroatoms. The topological polar surface area (TPSA) is 74.6 Å². The van der Waals surface area contributed by atoms with E-state index in [0.717, 1.165) is 29.6 Å². The van der Waals surface area contributed by atoms with E-state index in [1.165, 1.54) is 18.9 Å². The molecule has 0 bridgehead atoms. The highest BCUT2D eigenvalue weighted by molar-refractivity contribution is 5.75. The number of ether oxygens (including phenoxy) is 1. The van der Waals surface area contributed by atoms with Gasteiger partial charge in [0.1, 0.15) is 11.6 Å². The van der Waals surface area contributed by atoms with E-state index in [-0.39, 0.29) is 6.10 Å². The van der Waals surface area contributed by atoms with Gasteiger partial charge in [0.25, 0.3) is 0 Å². The summed E-state index contributed by atoms with van der Waals surface area (Å²) in [6.45, 7) is 0. The van der Waals surface area contributed by atoms with Gasteiger partial charge in [-0.2, -0.15) is 5.26 Å². The lowest BCUT2D eigenvalue weighted by Gasteiger charge is -2.11. The van der Waals surface area contributed by atoms with Crippen LogP contribution in [-0.2, 0) is 6.42 Å². The highest BCUT2D eigenvalue weighted by Crippen LogP contribution is 2.24. The van der Waals surface area contributed by atoms with Gasteiger partial charge >= 0.3 is 0 Å². The molecule has 3 rings (SSSR count). The normalized spacial score (nSPS) is 15.9. The van der Waals surface area contributed by atoms with E-state index in [4.69, 9.17) is 10.00 Å². The monoisotopic (exact) mass is 268 g/mol. The zero-order chi connectivity index (χ0) is 13.8. The van der Waals surface area contributed by atoms with Crippen LogP contribution in [0.4, 0.5) is 0 Å². The predicted molar refractivity (Wildman–Crippen MR) is 75.2 cm³/mol. The molecular weight excluding hydrogens is 252 g/mol. The molecular formula is C15H16N4O. The predicted octanol–water partition coefficient (Wildman–Crippen LogP) is 2.90. The third-order valence-corrected chi connectivity index (χ3v) is 3.56. The number of allylic oxidation sites excluding steroid dienone is 2. The van der Waals surface area contributed by atoms with Gasteiger partial charge in [-0.3, -0.25) is 0 Å². The van der Waals surface area contributed by atoms with Crippen LogP contribution in [0, 0.1) is 11.3 Å². The van der Waals surface area contributed by atoms with Crippen molar-refractivity contribution in [2.75, 3.05) is 0 Å². The molecule has 20 heavy (non-hydrogen) atoms. The largest absolute Gasteiger partial charge is 0.473 e. The standard InChI is InChI=1S/C15H16N4O/c16-8-4-3-5-11-9-17-15-14(11)19-13(10-18-15)20-12-6-1-2-7-12/h3-4,9-10,12H,1-2,5-7H2,(H,17,18)/b4-3-. The second-order valence-corrected chi connectivity index (χ2v) is 4.98. The van der Waals surface area contributed by atoms with Crippen molar-refractivity contribution < 1.29 is 4.74 Å². The number of aromatic amines is 1. The lowest BCUT2D eigenvalue weighted by molar-refractivity contribution is 0.201. The molecule has 1 saturated carbocycles. The third-order valence-electron chi connectivity index (χ3n) is 3.56. The molecule has 0 atom stereocenters. The van der Waals surface area contributed by atoms with Crippen molar-refractivity contribution in [3.8, 4) is 11.9 Å². The first-order chi connectivity index (χ1) is 9.86. The first kappa shape index (κ1) is 12.7. The van der Waals surface area contributed by atoms with E-state index in [9.17, 15) is 0 Å². The average Bonchev–Trinajstić information content (AvgIpc) is 3.09. The van der Waals surface area contributed by atoms with E-state index in [1.54, 1.807) is 6.20 Å². The molecule has 2 aromatic rings. The Morgan fingerprint density at radius 1 is 1.45 bits per heavy atom. The molecule has 2 heterocycles. The lowest BCUT2D eigenvalue weighted by atomic mass is 10.2. The highest BCUT2D eigenvalue weighted by Gasteiger charge is 2.17.